The van der Waals surface area contributed by atoms with Gasteiger partial charge in [-0.15, -0.1) is 0 Å². The summed E-state index contributed by atoms with van der Waals surface area (Å²) < 4.78 is 1.41. The van der Waals surface area contributed by atoms with Gasteiger partial charge in [0.1, 0.15) is 6.54 Å². The van der Waals surface area contributed by atoms with Crippen molar-refractivity contribution in [3.63, 3.8) is 0 Å². The number of likely N-dealkylation sites (tertiary alicyclic amines) is 1. The summed E-state index contributed by atoms with van der Waals surface area (Å²) in [5.41, 5.74) is 3.47. The van der Waals surface area contributed by atoms with E-state index in [1.54, 1.807) is 22.8 Å². The Morgan fingerprint density at radius 2 is 2.07 bits per heavy atom. The molecule has 1 fully saturated rings. The fourth-order valence-corrected chi connectivity index (χ4v) is 4.38. The standard InChI is InChI=1S/C21H21N5O3/c1-13-9-19(27)26-18(22-13)10-16(23-26)17-7-4-8-25(17)20(28)12-24-11-14-5-2-3-6-15(14)21(24)29/h2-3,5-6,9-10,17,23H,4,7-8,11-12H2,1H3/t17-/m0/s1. The summed E-state index contributed by atoms with van der Waals surface area (Å²) >= 11 is 0. The molecule has 0 saturated carbocycles. The van der Waals surface area contributed by atoms with E-state index in [1.807, 2.05) is 24.3 Å². The molecule has 3 aromatic rings. The van der Waals surface area contributed by atoms with Gasteiger partial charge in [0.2, 0.25) is 5.91 Å². The minimum atomic E-state index is -0.171. The van der Waals surface area contributed by atoms with E-state index < -0.39 is 0 Å². The number of nitrogens with one attached hydrogen (secondary N) is 1. The zero-order valence-corrected chi connectivity index (χ0v) is 16.1. The van der Waals surface area contributed by atoms with Gasteiger partial charge in [-0.05, 0) is 31.4 Å². The first-order chi connectivity index (χ1) is 14.0. The highest BCUT2D eigenvalue weighted by Crippen LogP contribution is 2.32. The van der Waals surface area contributed by atoms with Crippen molar-refractivity contribution in [2.45, 2.75) is 32.4 Å². The van der Waals surface area contributed by atoms with Crippen LogP contribution in [0.2, 0.25) is 0 Å². The van der Waals surface area contributed by atoms with Crippen molar-refractivity contribution in [3.8, 4) is 0 Å². The van der Waals surface area contributed by atoms with E-state index in [1.165, 1.54) is 10.6 Å². The summed E-state index contributed by atoms with van der Waals surface area (Å²) in [4.78, 5) is 45.6. The van der Waals surface area contributed by atoms with Gasteiger partial charge < -0.3 is 9.80 Å². The fourth-order valence-electron chi connectivity index (χ4n) is 4.38. The van der Waals surface area contributed by atoms with Crippen molar-refractivity contribution in [3.05, 3.63) is 69.3 Å². The molecular formula is C21H21N5O3. The molecule has 4 heterocycles. The summed E-state index contributed by atoms with van der Waals surface area (Å²) in [6.07, 6.45) is 1.68. The van der Waals surface area contributed by atoms with Crippen LogP contribution in [0.15, 0.2) is 41.2 Å². The van der Waals surface area contributed by atoms with Crippen molar-refractivity contribution >= 4 is 17.5 Å². The number of H-pyrrole nitrogens is 1. The van der Waals surface area contributed by atoms with Crippen LogP contribution in [-0.2, 0) is 11.3 Å². The number of aryl methyl sites for hydroxylation is 1. The number of hydrogen-bond acceptors (Lipinski definition) is 4. The van der Waals surface area contributed by atoms with Crippen LogP contribution in [0, 0.1) is 6.92 Å². The van der Waals surface area contributed by atoms with E-state index in [0.717, 1.165) is 24.1 Å². The van der Waals surface area contributed by atoms with Crippen LogP contribution in [0.25, 0.3) is 5.65 Å². The number of fused-ring (bicyclic) bond motifs is 2. The lowest BCUT2D eigenvalue weighted by Crippen LogP contribution is -2.40. The van der Waals surface area contributed by atoms with Crippen LogP contribution in [-0.4, -0.2) is 49.3 Å². The van der Waals surface area contributed by atoms with E-state index in [9.17, 15) is 14.4 Å². The van der Waals surface area contributed by atoms with Crippen LogP contribution in [0.5, 0.6) is 0 Å². The Labute approximate surface area is 166 Å². The Hall–Kier alpha value is -3.42. The molecule has 0 unspecified atom stereocenters. The molecule has 29 heavy (non-hydrogen) atoms. The number of amides is 2. The zero-order valence-electron chi connectivity index (χ0n) is 16.1. The molecule has 2 aliphatic heterocycles. The van der Waals surface area contributed by atoms with Crippen LogP contribution in [0.4, 0.5) is 0 Å². The topological polar surface area (TPSA) is 90.8 Å². The van der Waals surface area contributed by atoms with Gasteiger partial charge in [0.15, 0.2) is 5.65 Å². The Morgan fingerprint density at radius 3 is 2.90 bits per heavy atom. The second-order valence-corrected chi connectivity index (χ2v) is 7.70. The average molecular weight is 391 g/mol. The number of carbonyl (C=O) groups is 2. The van der Waals surface area contributed by atoms with Gasteiger partial charge >= 0.3 is 0 Å². The second kappa shape index (κ2) is 6.58. The van der Waals surface area contributed by atoms with Crippen molar-refractivity contribution in [1.82, 2.24) is 24.4 Å². The first-order valence-corrected chi connectivity index (χ1v) is 9.77. The lowest BCUT2D eigenvalue weighted by Gasteiger charge is -2.26. The van der Waals surface area contributed by atoms with Gasteiger partial charge in [-0.2, -0.15) is 0 Å². The van der Waals surface area contributed by atoms with E-state index in [2.05, 4.69) is 10.1 Å². The van der Waals surface area contributed by atoms with E-state index in [0.29, 0.717) is 30.0 Å². The number of hydrogen-bond donors (Lipinski definition) is 1. The molecule has 1 atom stereocenters. The maximum absolute atomic E-state index is 13.1. The molecule has 0 radical (unpaired) electrons. The Balaban J connectivity index is 1.37. The van der Waals surface area contributed by atoms with E-state index >= 15 is 0 Å². The number of aromatic amines is 1. The fraction of sp³-hybridized carbons (Fsp3) is 0.333. The van der Waals surface area contributed by atoms with Crippen molar-refractivity contribution in [1.29, 1.82) is 0 Å². The molecule has 1 N–H and O–H groups in total. The smallest absolute Gasteiger partial charge is 0.272 e. The lowest BCUT2D eigenvalue weighted by atomic mass is 10.1. The van der Waals surface area contributed by atoms with Gasteiger partial charge in [-0.25, -0.2) is 9.50 Å². The van der Waals surface area contributed by atoms with Crippen LogP contribution in [0.1, 0.15) is 46.2 Å². The molecule has 0 bridgehead atoms. The summed E-state index contributed by atoms with van der Waals surface area (Å²) in [5, 5.41) is 3.10. The molecule has 5 rings (SSSR count). The molecule has 2 aromatic heterocycles. The monoisotopic (exact) mass is 391 g/mol. The van der Waals surface area contributed by atoms with Gasteiger partial charge in [-0.3, -0.25) is 19.5 Å². The van der Waals surface area contributed by atoms with Crippen LogP contribution >= 0.6 is 0 Å². The second-order valence-electron chi connectivity index (χ2n) is 7.70. The predicted octanol–water partition coefficient (Wildman–Crippen LogP) is 1.65. The molecule has 2 amide bonds. The summed E-state index contributed by atoms with van der Waals surface area (Å²) in [5.74, 6) is -0.176. The third-order valence-corrected chi connectivity index (χ3v) is 5.75. The number of carbonyl (C=O) groups excluding carboxylic acids is 2. The number of nitrogens with zero attached hydrogens (tertiary/aromatic N) is 4. The molecular weight excluding hydrogens is 370 g/mol. The largest absolute Gasteiger partial charge is 0.333 e. The highest BCUT2D eigenvalue weighted by molar-refractivity contribution is 6.00. The van der Waals surface area contributed by atoms with Crippen molar-refractivity contribution in [2.75, 3.05) is 13.1 Å². The van der Waals surface area contributed by atoms with E-state index in [-0.39, 0.29) is 30.0 Å². The molecule has 1 saturated heterocycles. The SMILES string of the molecule is Cc1cc(=O)n2[nH]c([C@@H]3CCCN3C(=O)CN3Cc4ccccc4C3=O)cc2n1. The molecule has 2 aliphatic rings. The zero-order chi connectivity index (χ0) is 20.1. The van der Waals surface area contributed by atoms with Crippen molar-refractivity contribution < 1.29 is 9.59 Å². The quantitative estimate of drug-likeness (QED) is 0.735. The van der Waals surface area contributed by atoms with Crippen LogP contribution < -0.4 is 5.56 Å². The highest BCUT2D eigenvalue weighted by atomic mass is 16.2. The lowest BCUT2D eigenvalue weighted by molar-refractivity contribution is -0.133. The number of aromatic nitrogens is 3. The van der Waals surface area contributed by atoms with Gasteiger partial charge in [0.05, 0.1) is 11.7 Å². The Bertz CT molecular complexity index is 1190. The van der Waals surface area contributed by atoms with Crippen LogP contribution in [0.3, 0.4) is 0 Å². The molecule has 148 valence electrons. The first-order valence-electron chi connectivity index (χ1n) is 9.77. The molecule has 0 aliphatic carbocycles. The van der Waals surface area contributed by atoms with Crippen molar-refractivity contribution in [2.24, 2.45) is 0 Å². The minimum Gasteiger partial charge on any atom is -0.333 e. The summed E-state index contributed by atoms with van der Waals surface area (Å²) in [6.45, 7) is 2.94. The van der Waals surface area contributed by atoms with E-state index in [4.69, 9.17) is 0 Å². The maximum Gasteiger partial charge on any atom is 0.272 e. The minimum absolute atomic E-state index is 0.0571. The average Bonchev–Trinajstić information content (AvgIpc) is 3.39. The number of rotatable bonds is 3. The number of benzene rings is 1. The van der Waals surface area contributed by atoms with Gasteiger partial charge in [0, 0.05) is 36.5 Å². The summed E-state index contributed by atoms with van der Waals surface area (Å²) in [7, 11) is 0. The van der Waals surface area contributed by atoms with Gasteiger partial charge in [-0.1, -0.05) is 18.2 Å². The molecule has 1 aromatic carbocycles. The Kier molecular flexibility index (Phi) is 4.01. The summed E-state index contributed by atoms with van der Waals surface area (Å²) in [6, 6.07) is 10.6. The third-order valence-electron chi connectivity index (χ3n) is 5.75. The molecule has 8 heteroatoms. The first kappa shape index (κ1) is 17.7. The predicted molar refractivity (Wildman–Crippen MR) is 105 cm³/mol. The molecule has 8 nitrogen and oxygen atoms in total. The highest BCUT2D eigenvalue weighted by Gasteiger charge is 2.35. The van der Waals surface area contributed by atoms with Gasteiger partial charge in [0.25, 0.3) is 11.5 Å². The Morgan fingerprint density at radius 1 is 1.24 bits per heavy atom. The third kappa shape index (κ3) is 2.91. The normalized spacial score (nSPS) is 18.7. The molecule has 0 spiro atoms. The maximum atomic E-state index is 13.1.